The Morgan fingerprint density at radius 1 is 0.791 bits per heavy atom. The lowest BCUT2D eigenvalue weighted by atomic mass is 9.77. The van der Waals surface area contributed by atoms with E-state index in [2.05, 4.69) is 120 Å². The maximum Gasteiger partial charge on any atom is 0.222 e. The van der Waals surface area contributed by atoms with Crippen LogP contribution < -0.4 is 9.13 Å². The second-order valence-corrected chi connectivity index (χ2v) is 13.4. The third kappa shape index (κ3) is 3.53. The number of aromatic nitrogens is 2. The van der Waals surface area contributed by atoms with E-state index in [-0.39, 0.29) is 6.04 Å². The molecule has 43 heavy (non-hydrogen) atoms. The van der Waals surface area contributed by atoms with Gasteiger partial charge >= 0.3 is 0 Å². The van der Waals surface area contributed by atoms with Crippen LogP contribution in [0, 0.1) is 13.8 Å². The minimum absolute atomic E-state index is 0.286. The van der Waals surface area contributed by atoms with Crippen molar-refractivity contribution in [2.75, 3.05) is 0 Å². The second-order valence-electron chi connectivity index (χ2n) is 12.2. The van der Waals surface area contributed by atoms with Crippen LogP contribution in [-0.4, -0.2) is 0 Å². The number of pyridine rings is 2. The monoisotopic (exact) mass is 576 g/mol. The highest BCUT2D eigenvalue weighted by Crippen LogP contribution is 2.46. The Morgan fingerprint density at radius 3 is 2.44 bits per heavy atom. The van der Waals surface area contributed by atoms with E-state index in [4.69, 9.17) is 11.0 Å². The second kappa shape index (κ2) is 9.23. The predicted molar refractivity (Wildman–Crippen MR) is 176 cm³/mol. The topological polar surface area (TPSA) is 20.9 Å². The molecule has 0 bridgehead atoms. The first-order chi connectivity index (χ1) is 21.1. The predicted octanol–water partition coefficient (Wildman–Crippen LogP) is 9.47. The summed E-state index contributed by atoms with van der Waals surface area (Å²) in [4.78, 5) is 1.35. The van der Waals surface area contributed by atoms with E-state index in [9.17, 15) is 0 Å². The lowest BCUT2D eigenvalue weighted by molar-refractivity contribution is -0.720. The number of hydrogen-bond acceptors (Lipinski definition) is 2. The molecule has 9 rings (SSSR count). The molecule has 6 heterocycles. The summed E-state index contributed by atoms with van der Waals surface area (Å²) < 4.78 is 13.0. The normalized spacial score (nSPS) is 17.8. The molecule has 0 spiro atoms. The van der Waals surface area contributed by atoms with Gasteiger partial charge in [-0.2, -0.15) is 9.13 Å². The molecular formula is C39H32N2OS+2. The van der Waals surface area contributed by atoms with Gasteiger partial charge in [-0.15, -0.1) is 11.3 Å². The maximum absolute atomic E-state index is 6.97. The molecule has 3 nitrogen and oxygen atoms in total. The van der Waals surface area contributed by atoms with Gasteiger partial charge in [0, 0.05) is 51.4 Å². The molecule has 0 fully saturated rings. The highest BCUT2D eigenvalue weighted by molar-refractivity contribution is 7.20. The van der Waals surface area contributed by atoms with Crippen LogP contribution in [0.5, 0.6) is 0 Å². The van der Waals surface area contributed by atoms with Gasteiger partial charge in [-0.05, 0) is 79.6 Å². The van der Waals surface area contributed by atoms with Gasteiger partial charge in [0.2, 0.25) is 11.4 Å². The van der Waals surface area contributed by atoms with Gasteiger partial charge in [0.1, 0.15) is 5.58 Å². The third-order valence-electron chi connectivity index (χ3n) is 10.0. The summed E-state index contributed by atoms with van der Waals surface area (Å²) in [6.07, 6.45) is 7.32. The Kier molecular flexibility index (Phi) is 5.37. The van der Waals surface area contributed by atoms with Crippen molar-refractivity contribution in [3.05, 3.63) is 125 Å². The van der Waals surface area contributed by atoms with Crippen molar-refractivity contribution in [2.45, 2.75) is 45.1 Å². The number of fused-ring (bicyclic) bond motifs is 15. The third-order valence-corrected chi connectivity index (χ3v) is 11.2. The number of furan rings is 1. The van der Waals surface area contributed by atoms with Crippen LogP contribution in [-0.2, 0) is 6.42 Å². The molecule has 0 saturated heterocycles. The summed E-state index contributed by atoms with van der Waals surface area (Å²) in [5, 5.41) is 3.68. The molecule has 0 radical (unpaired) electrons. The highest BCUT2D eigenvalue weighted by atomic mass is 32.1. The van der Waals surface area contributed by atoms with E-state index in [1.165, 1.54) is 59.2 Å². The highest BCUT2D eigenvalue weighted by Gasteiger charge is 2.42. The van der Waals surface area contributed by atoms with Crippen molar-refractivity contribution < 1.29 is 13.6 Å². The Labute approximate surface area is 255 Å². The van der Waals surface area contributed by atoms with Gasteiger partial charge in [0.05, 0.1) is 16.7 Å². The largest absolute Gasteiger partial charge is 0.454 e. The van der Waals surface area contributed by atoms with Gasteiger partial charge in [-0.25, -0.2) is 0 Å². The summed E-state index contributed by atoms with van der Waals surface area (Å²) >= 11 is 1.85. The molecule has 7 aromatic rings. The van der Waals surface area contributed by atoms with Crippen molar-refractivity contribution in [1.29, 1.82) is 0 Å². The molecule has 208 valence electrons. The number of aryl methyl sites for hydroxylation is 3. The van der Waals surface area contributed by atoms with Crippen LogP contribution >= 0.6 is 11.3 Å². The number of hydrogen-bond donors (Lipinski definition) is 0. The zero-order chi connectivity index (χ0) is 28.8. The van der Waals surface area contributed by atoms with Gasteiger partial charge in [-0.1, -0.05) is 36.4 Å². The molecule has 0 aliphatic carbocycles. The summed E-state index contributed by atoms with van der Waals surface area (Å²) in [6.45, 7) is 9.15. The van der Waals surface area contributed by atoms with Crippen molar-refractivity contribution in [1.82, 2.24) is 0 Å². The molecular weight excluding hydrogens is 545 g/mol. The van der Waals surface area contributed by atoms with Crippen LogP contribution in [0.1, 0.15) is 46.4 Å². The summed E-state index contributed by atoms with van der Waals surface area (Å²) in [5.74, 6) is 0.370. The molecule has 0 saturated carbocycles. The first kappa shape index (κ1) is 25.0. The van der Waals surface area contributed by atoms with Gasteiger partial charge in [0.25, 0.3) is 0 Å². The number of thiophene rings is 1. The lowest BCUT2D eigenvalue weighted by Gasteiger charge is -2.31. The van der Waals surface area contributed by atoms with Gasteiger partial charge < -0.3 is 4.42 Å². The molecule has 4 heteroatoms. The molecule has 2 aliphatic heterocycles. The summed E-state index contributed by atoms with van der Waals surface area (Å²) in [6, 6.07) is 31.6. The van der Waals surface area contributed by atoms with Gasteiger partial charge in [0.15, 0.2) is 29.7 Å². The molecule has 0 amide bonds. The molecule has 2 unspecified atom stereocenters. The average Bonchev–Trinajstić information content (AvgIpc) is 3.56. The van der Waals surface area contributed by atoms with Crippen LogP contribution in [0.15, 0.2) is 108 Å². The fraction of sp³-hybridized carbons (Fsp3) is 0.179. The van der Waals surface area contributed by atoms with Gasteiger partial charge in [-0.3, -0.25) is 0 Å². The van der Waals surface area contributed by atoms with E-state index < -0.39 is 0 Å². The van der Waals surface area contributed by atoms with Crippen LogP contribution in [0.25, 0.3) is 60.2 Å². The van der Waals surface area contributed by atoms with E-state index in [1.807, 2.05) is 11.3 Å². The van der Waals surface area contributed by atoms with E-state index in [0.717, 1.165) is 41.8 Å². The lowest BCUT2D eigenvalue weighted by Crippen LogP contribution is -2.49. The zero-order valence-corrected chi connectivity index (χ0v) is 25.2. The summed E-state index contributed by atoms with van der Waals surface area (Å²) in [5.41, 5.74) is 12.2. The Balaban J connectivity index is 1.30. The number of benzene rings is 3. The fourth-order valence-electron chi connectivity index (χ4n) is 7.81. The maximum atomic E-state index is 6.97. The fourth-order valence-corrected chi connectivity index (χ4v) is 8.96. The molecule has 2 aliphatic rings. The smallest absolute Gasteiger partial charge is 0.222 e. The average molecular weight is 577 g/mol. The van der Waals surface area contributed by atoms with Crippen LogP contribution in [0.2, 0.25) is 0 Å². The SMILES string of the molecule is C=C1CC2C(CCc3ccc4c(oc5c4ccc4c(C)c(C)sc45)c3-c3cccc[n+]31)c1ccccc1-c1cccc[n+]12. The quantitative estimate of drug-likeness (QED) is 0.165. The Hall–Kier alpha value is -4.54. The van der Waals surface area contributed by atoms with Crippen molar-refractivity contribution in [3.8, 4) is 22.5 Å². The number of rotatable bonds is 0. The first-order valence-corrected chi connectivity index (χ1v) is 16.1. The van der Waals surface area contributed by atoms with Crippen molar-refractivity contribution in [2.24, 2.45) is 0 Å². The standard InChI is InChI=1S/C39H32N2OS/c1-23-22-35-30(28-10-4-5-11-29(28)33-12-6-9-21-41(33)35)16-14-26-15-17-31-32-19-18-27-24(2)25(3)43-39(27)38(32)42-37(31)36(26)34-13-7-8-20-40(23)34/h4-13,15,17-21,30,35H,1,14,16,22H2,2-3H3/q+2. The Morgan fingerprint density at radius 2 is 1.53 bits per heavy atom. The minimum atomic E-state index is 0.286. The molecule has 4 aromatic heterocycles. The molecule has 3 aromatic carbocycles. The number of allylic oxidation sites excluding steroid dienone is 1. The Bertz CT molecular complexity index is 2290. The van der Waals surface area contributed by atoms with Crippen molar-refractivity contribution >= 4 is 49.1 Å². The van der Waals surface area contributed by atoms with Crippen LogP contribution in [0.4, 0.5) is 0 Å². The van der Waals surface area contributed by atoms with Crippen LogP contribution in [0.3, 0.4) is 0 Å². The van der Waals surface area contributed by atoms with E-state index in [0.29, 0.717) is 5.92 Å². The summed E-state index contributed by atoms with van der Waals surface area (Å²) in [7, 11) is 0. The molecule has 2 atom stereocenters. The van der Waals surface area contributed by atoms with E-state index in [1.54, 1.807) is 0 Å². The zero-order valence-electron chi connectivity index (χ0n) is 24.4. The molecule has 0 N–H and O–H groups in total. The number of nitrogens with zero attached hydrogens (tertiary/aromatic N) is 2. The minimum Gasteiger partial charge on any atom is -0.454 e. The first-order valence-electron chi connectivity index (χ1n) is 15.2. The van der Waals surface area contributed by atoms with Crippen molar-refractivity contribution in [3.63, 3.8) is 0 Å². The van der Waals surface area contributed by atoms with E-state index >= 15 is 0 Å².